The summed E-state index contributed by atoms with van der Waals surface area (Å²) in [4.78, 5) is 26.0. The molecule has 2 N–H and O–H groups in total. The van der Waals surface area contributed by atoms with E-state index in [-0.39, 0.29) is 5.91 Å². The molecule has 0 spiro atoms. The fourth-order valence-corrected chi connectivity index (χ4v) is 3.12. The average Bonchev–Trinajstić information content (AvgIpc) is 2.96. The lowest BCUT2D eigenvalue weighted by Gasteiger charge is -2.20. The van der Waals surface area contributed by atoms with Gasteiger partial charge in [-0.25, -0.2) is 0 Å². The van der Waals surface area contributed by atoms with Gasteiger partial charge in [0.25, 0.3) is 5.91 Å². The molecule has 1 unspecified atom stereocenters. The van der Waals surface area contributed by atoms with E-state index in [4.69, 9.17) is 5.73 Å². The Labute approximate surface area is 147 Å². The molecular weight excluding hydrogens is 316 g/mol. The van der Waals surface area contributed by atoms with Crippen molar-refractivity contribution in [2.24, 2.45) is 5.73 Å². The molecule has 6 nitrogen and oxygen atoms in total. The second-order valence-corrected chi connectivity index (χ2v) is 6.57. The average molecular weight is 340 g/mol. The van der Waals surface area contributed by atoms with Gasteiger partial charge in [0, 0.05) is 30.4 Å². The Morgan fingerprint density at radius 1 is 1.12 bits per heavy atom. The largest absolute Gasteiger partial charge is 0.368 e. The van der Waals surface area contributed by atoms with Crippen LogP contribution in [0.3, 0.4) is 0 Å². The summed E-state index contributed by atoms with van der Waals surface area (Å²) >= 11 is 0. The molecule has 1 aromatic heterocycles. The normalized spacial score (nSPS) is 16.3. The Bertz CT molecular complexity index is 760. The Hall–Kier alpha value is -2.63. The molecule has 6 heteroatoms. The lowest BCUT2D eigenvalue weighted by molar-refractivity contribution is -0.120. The summed E-state index contributed by atoms with van der Waals surface area (Å²) in [7, 11) is 0. The summed E-state index contributed by atoms with van der Waals surface area (Å²) < 4.78 is 1.54. The monoisotopic (exact) mass is 340 g/mol. The molecular formula is C19H24N4O2. The van der Waals surface area contributed by atoms with Crippen LogP contribution in [-0.2, 0) is 4.79 Å². The second-order valence-electron chi connectivity index (χ2n) is 6.57. The summed E-state index contributed by atoms with van der Waals surface area (Å²) in [6.07, 6.45) is 8.01. The number of hydrogen-bond donors (Lipinski definition) is 1. The zero-order valence-corrected chi connectivity index (χ0v) is 14.5. The number of benzene rings is 1. The maximum Gasteiger partial charge on any atom is 0.253 e. The van der Waals surface area contributed by atoms with E-state index in [1.807, 2.05) is 29.2 Å². The van der Waals surface area contributed by atoms with Crippen LogP contribution in [0.15, 0.2) is 36.7 Å². The van der Waals surface area contributed by atoms with Gasteiger partial charge >= 0.3 is 0 Å². The number of carbonyl (C=O) groups excluding carboxylic acids is 2. The first kappa shape index (κ1) is 17.2. The lowest BCUT2D eigenvalue weighted by atomic mass is 10.1. The van der Waals surface area contributed by atoms with Gasteiger partial charge in [-0.1, -0.05) is 25.0 Å². The summed E-state index contributed by atoms with van der Waals surface area (Å²) in [6, 6.07) is 7.07. The van der Waals surface area contributed by atoms with E-state index in [1.54, 1.807) is 24.0 Å². The summed E-state index contributed by atoms with van der Waals surface area (Å²) in [5.74, 6) is -0.346. The molecule has 2 heterocycles. The molecule has 0 radical (unpaired) electrons. The van der Waals surface area contributed by atoms with Gasteiger partial charge in [0.15, 0.2) is 0 Å². The van der Waals surface area contributed by atoms with Gasteiger partial charge < -0.3 is 10.6 Å². The van der Waals surface area contributed by atoms with Crippen molar-refractivity contribution in [3.63, 3.8) is 0 Å². The number of nitrogens with two attached hydrogens (primary N) is 1. The third-order valence-electron chi connectivity index (χ3n) is 4.75. The van der Waals surface area contributed by atoms with E-state index < -0.39 is 11.9 Å². The van der Waals surface area contributed by atoms with Crippen LogP contribution < -0.4 is 5.73 Å². The van der Waals surface area contributed by atoms with Gasteiger partial charge in [-0.05, 0) is 37.5 Å². The minimum Gasteiger partial charge on any atom is -0.368 e. The molecule has 1 aliphatic rings. The third-order valence-corrected chi connectivity index (χ3v) is 4.75. The Balaban J connectivity index is 1.81. The summed E-state index contributed by atoms with van der Waals surface area (Å²) in [5, 5.41) is 4.21. The van der Waals surface area contributed by atoms with Crippen LogP contribution in [-0.4, -0.2) is 39.6 Å². The molecule has 1 atom stereocenters. The number of rotatable bonds is 4. The van der Waals surface area contributed by atoms with Crippen LogP contribution in [0.1, 0.15) is 49.0 Å². The molecule has 2 aromatic rings. The van der Waals surface area contributed by atoms with Crippen LogP contribution in [0.25, 0.3) is 11.1 Å². The highest BCUT2D eigenvalue weighted by molar-refractivity contribution is 5.95. The summed E-state index contributed by atoms with van der Waals surface area (Å²) in [5.41, 5.74) is 7.78. The number of likely N-dealkylation sites (tertiary alicyclic amines) is 1. The van der Waals surface area contributed by atoms with Crippen molar-refractivity contribution in [3.05, 3.63) is 42.2 Å². The lowest BCUT2D eigenvalue weighted by Crippen LogP contribution is -2.31. The molecule has 25 heavy (non-hydrogen) atoms. The number of aromatic nitrogens is 2. The molecule has 3 rings (SSSR count). The highest BCUT2D eigenvalue weighted by Gasteiger charge is 2.18. The SMILES string of the molecule is CC(C(N)=O)n1cc(-c2cccc(C(=O)N3CCCCCC3)c2)cn1. The van der Waals surface area contributed by atoms with Gasteiger partial charge in [-0.3, -0.25) is 14.3 Å². The maximum absolute atomic E-state index is 12.8. The van der Waals surface area contributed by atoms with Gasteiger partial charge in [0.1, 0.15) is 6.04 Å². The third kappa shape index (κ3) is 3.90. The van der Waals surface area contributed by atoms with Crippen LogP contribution >= 0.6 is 0 Å². The van der Waals surface area contributed by atoms with Crippen molar-refractivity contribution in [1.29, 1.82) is 0 Å². The van der Waals surface area contributed by atoms with Gasteiger partial charge in [-0.2, -0.15) is 5.10 Å². The minimum absolute atomic E-state index is 0.0849. The molecule has 0 bridgehead atoms. The first-order valence-electron chi connectivity index (χ1n) is 8.79. The smallest absolute Gasteiger partial charge is 0.253 e. The van der Waals surface area contributed by atoms with E-state index in [0.29, 0.717) is 5.56 Å². The van der Waals surface area contributed by atoms with E-state index in [1.165, 1.54) is 12.8 Å². The van der Waals surface area contributed by atoms with Gasteiger partial charge in [0.05, 0.1) is 6.20 Å². The quantitative estimate of drug-likeness (QED) is 0.929. The molecule has 0 aliphatic carbocycles. The highest BCUT2D eigenvalue weighted by atomic mass is 16.2. The molecule has 1 saturated heterocycles. The zero-order chi connectivity index (χ0) is 17.8. The Morgan fingerprint density at radius 2 is 1.84 bits per heavy atom. The predicted octanol–water partition coefficient (Wildman–Crippen LogP) is 2.61. The van der Waals surface area contributed by atoms with Crippen molar-refractivity contribution in [3.8, 4) is 11.1 Å². The maximum atomic E-state index is 12.8. The fraction of sp³-hybridized carbons (Fsp3) is 0.421. The molecule has 2 amide bonds. The number of nitrogens with zero attached hydrogens (tertiary/aromatic N) is 3. The number of carbonyl (C=O) groups is 2. The van der Waals surface area contributed by atoms with Gasteiger partial charge in [0.2, 0.25) is 5.91 Å². The van der Waals surface area contributed by atoms with Crippen molar-refractivity contribution in [1.82, 2.24) is 14.7 Å². The molecule has 1 fully saturated rings. The highest BCUT2D eigenvalue weighted by Crippen LogP contribution is 2.22. The van der Waals surface area contributed by atoms with Crippen LogP contribution in [0, 0.1) is 0 Å². The zero-order valence-electron chi connectivity index (χ0n) is 14.5. The predicted molar refractivity (Wildman–Crippen MR) is 95.9 cm³/mol. The van der Waals surface area contributed by atoms with Crippen molar-refractivity contribution in [2.75, 3.05) is 13.1 Å². The van der Waals surface area contributed by atoms with Crippen LogP contribution in [0.4, 0.5) is 0 Å². The van der Waals surface area contributed by atoms with Crippen LogP contribution in [0.5, 0.6) is 0 Å². The van der Waals surface area contributed by atoms with Crippen molar-refractivity contribution >= 4 is 11.8 Å². The number of hydrogen-bond acceptors (Lipinski definition) is 3. The van der Waals surface area contributed by atoms with E-state index in [0.717, 1.165) is 37.1 Å². The molecule has 1 aliphatic heterocycles. The Kier molecular flexibility index (Phi) is 5.16. The topological polar surface area (TPSA) is 81.2 Å². The van der Waals surface area contributed by atoms with E-state index >= 15 is 0 Å². The van der Waals surface area contributed by atoms with Crippen molar-refractivity contribution in [2.45, 2.75) is 38.6 Å². The first-order chi connectivity index (χ1) is 12.1. The molecule has 1 aromatic carbocycles. The number of amides is 2. The first-order valence-corrected chi connectivity index (χ1v) is 8.79. The molecule has 0 saturated carbocycles. The Morgan fingerprint density at radius 3 is 2.52 bits per heavy atom. The molecule has 132 valence electrons. The van der Waals surface area contributed by atoms with Crippen LogP contribution in [0.2, 0.25) is 0 Å². The van der Waals surface area contributed by atoms with Crippen molar-refractivity contribution < 1.29 is 9.59 Å². The van der Waals surface area contributed by atoms with E-state index in [2.05, 4.69) is 5.10 Å². The minimum atomic E-state index is -0.504. The summed E-state index contributed by atoms with van der Waals surface area (Å²) in [6.45, 7) is 3.37. The standard InChI is InChI=1S/C19H24N4O2/c1-14(18(20)24)23-13-17(12-21-23)15-7-6-8-16(11-15)19(25)22-9-4-2-3-5-10-22/h6-8,11-14H,2-5,9-10H2,1H3,(H2,20,24). The van der Waals surface area contributed by atoms with E-state index in [9.17, 15) is 9.59 Å². The number of primary amides is 1. The fourth-order valence-electron chi connectivity index (χ4n) is 3.12. The second kappa shape index (κ2) is 7.51. The van der Waals surface area contributed by atoms with Gasteiger partial charge in [-0.15, -0.1) is 0 Å².